The minimum atomic E-state index is -0.204. The van der Waals surface area contributed by atoms with Crippen LogP contribution < -0.4 is 10.6 Å². The summed E-state index contributed by atoms with van der Waals surface area (Å²) in [7, 11) is 0. The third kappa shape index (κ3) is 2.18. The van der Waals surface area contributed by atoms with Crippen molar-refractivity contribution in [2.24, 2.45) is 4.99 Å². The van der Waals surface area contributed by atoms with Gasteiger partial charge in [0.15, 0.2) is 5.96 Å². The van der Waals surface area contributed by atoms with Crippen molar-refractivity contribution in [3.05, 3.63) is 0 Å². The van der Waals surface area contributed by atoms with Crippen LogP contribution in [0.25, 0.3) is 0 Å². The molecule has 0 aromatic heterocycles. The second kappa shape index (κ2) is 4.17. The summed E-state index contributed by atoms with van der Waals surface area (Å²) >= 11 is 0. The second-order valence-corrected chi connectivity index (χ2v) is 4.34. The summed E-state index contributed by atoms with van der Waals surface area (Å²) in [6, 6.07) is 0.624. The maximum absolute atomic E-state index is 9.75. The average Bonchev–Trinajstić information content (AvgIpc) is 2.56. The van der Waals surface area contributed by atoms with Crippen LogP contribution in [0, 0.1) is 0 Å². The standard InChI is InChI=1S/C10H19N3O/c1-7-6-11-10(12-7)13-8-4-2-3-5-9(8)14/h7-9,14H,2-6H2,1H3,(H2,11,12,13). The molecule has 0 aromatic carbocycles. The van der Waals surface area contributed by atoms with Crippen molar-refractivity contribution in [2.75, 3.05) is 6.54 Å². The Morgan fingerprint density at radius 1 is 1.43 bits per heavy atom. The van der Waals surface area contributed by atoms with Crippen LogP contribution in [-0.2, 0) is 0 Å². The minimum Gasteiger partial charge on any atom is -0.391 e. The molecule has 3 N–H and O–H groups in total. The van der Waals surface area contributed by atoms with Gasteiger partial charge in [-0.1, -0.05) is 12.8 Å². The van der Waals surface area contributed by atoms with E-state index in [1.165, 1.54) is 6.42 Å². The number of hydrogen-bond acceptors (Lipinski definition) is 4. The first-order valence-electron chi connectivity index (χ1n) is 5.51. The summed E-state index contributed by atoms with van der Waals surface area (Å²) in [6.45, 7) is 2.95. The van der Waals surface area contributed by atoms with Crippen LogP contribution in [-0.4, -0.2) is 35.8 Å². The Labute approximate surface area is 84.8 Å². The summed E-state index contributed by atoms with van der Waals surface area (Å²) in [5.41, 5.74) is 0. The van der Waals surface area contributed by atoms with E-state index in [-0.39, 0.29) is 12.1 Å². The summed E-state index contributed by atoms with van der Waals surface area (Å²) in [5.74, 6) is 0.864. The molecule has 0 spiro atoms. The van der Waals surface area contributed by atoms with E-state index in [0.717, 1.165) is 31.8 Å². The number of aliphatic hydroxyl groups is 1. The molecule has 1 fully saturated rings. The molecule has 1 heterocycles. The third-order valence-corrected chi connectivity index (χ3v) is 2.96. The lowest BCUT2D eigenvalue weighted by atomic mass is 9.93. The molecule has 3 unspecified atom stereocenters. The van der Waals surface area contributed by atoms with E-state index in [9.17, 15) is 5.11 Å². The minimum absolute atomic E-state index is 0.195. The van der Waals surface area contributed by atoms with Gasteiger partial charge in [0.2, 0.25) is 0 Å². The van der Waals surface area contributed by atoms with Gasteiger partial charge < -0.3 is 15.7 Å². The van der Waals surface area contributed by atoms with Crippen LogP contribution >= 0.6 is 0 Å². The predicted molar refractivity (Wildman–Crippen MR) is 56.3 cm³/mol. The van der Waals surface area contributed by atoms with Crippen LogP contribution in [0.4, 0.5) is 0 Å². The Bertz CT molecular complexity index is 229. The molecule has 0 radical (unpaired) electrons. The van der Waals surface area contributed by atoms with Gasteiger partial charge in [-0.05, 0) is 19.8 Å². The number of nitrogens with one attached hydrogen (secondary N) is 2. The second-order valence-electron chi connectivity index (χ2n) is 4.34. The largest absolute Gasteiger partial charge is 0.391 e. The predicted octanol–water partition coefficient (Wildman–Crippen LogP) is 0.227. The SMILES string of the molecule is CC1CN=C(NC2CCCCC2O)N1. The average molecular weight is 197 g/mol. The monoisotopic (exact) mass is 197 g/mol. The number of aliphatic imine (C=N–C) groups is 1. The van der Waals surface area contributed by atoms with Gasteiger partial charge in [-0.15, -0.1) is 0 Å². The van der Waals surface area contributed by atoms with Crippen molar-refractivity contribution in [3.63, 3.8) is 0 Å². The molecule has 1 aliphatic carbocycles. The van der Waals surface area contributed by atoms with Gasteiger partial charge in [0.25, 0.3) is 0 Å². The van der Waals surface area contributed by atoms with Crippen molar-refractivity contribution in [1.82, 2.24) is 10.6 Å². The molecule has 2 aliphatic rings. The number of rotatable bonds is 1. The highest BCUT2D eigenvalue weighted by Gasteiger charge is 2.25. The summed E-state index contributed by atoms with van der Waals surface area (Å²) in [4.78, 5) is 4.33. The zero-order valence-corrected chi connectivity index (χ0v) is 8.66. The van der Waals surface area contributed by atoms with Gasteiger partial charge >= 0.3 is 0 Å². The fourth-order valence-corrected chi connectivity index (χ4v) is 2.10. The van der Waals surface area contributed by atoms with Crippen molar-refractivity contribution < 1.29 is 5.11 Å². The number of hydrogen-bond donors (Lipinski definition) is 3. The van der Waals surface area contributed by atoms with E-state index in [0.29, 0.717) is 6.04 Å². The molecule has 3 atom stereocenters. The molecule has 0 saturated heterocycles. The quantitative estimate of drug-likeness (QED) is 0.564. The van der Waals surface area contributed by atoms with E-state index in [2.05, 4.69) is 22.5 Å². The third-order valence-electron chi connectivity index (χ3n) is 2.96. The van der Waals surface area contributed by atoms with E-state index < -0.39 is 0 Å². The highest BCUT2D eigenvalue weighted by molar-refractivity contribution is 5.82. The normalized spacial score (nSPS) is 37.6. The Morgan fingerprint density at radius 3 is 2.86 bits per heavy atom. The van der Waals surface area contributed by atoms with Gasteiger partial charge in [-0.3, -0.25) is 4.99 Å². The molecule has 1 saturated carbocycles. The van der Waals surface area contributed by atoms with Crippen molar-refractivity contribution >= 4 is 5.96 Å². The van der Waals surface area contributed by atoms with Gasteiger partial charge in [0, 0.05) is 6.04 Å². The first-order chi connectivity index (χ1) is 6.75. The highest BCUT2D eigenvalue weighted by Crippen LogP contribution is 2.18. The molecule has 14 heavy (non-hydrogen) atoms. The Hall–Kier alpha value is -0.770. The molecule has 80 valence electrons. The van der Waals surface area contributed by atoms with E-state index in [4.69, 9.17) is 0 Å². The molecular formula is C10H19N3O. The molecule has 0 aromatic rings. The highest BCUT2D eigenvalue weighted by atomic mass is 16.3. The number of aliphatic hydroxyl groups excluding tert-OH is 1. The van der Waals surface area contributed by atoms with Crippen molar-refractivity contribution in [2.45, 2.75) is 50.8 Å². The van der Waals surface area contributed by atoms with Crippen LogP contribution in [0.5, 0.6) is 0 Å². The Kier molecular flexibility index (Phi) is 2.91. The zero-order chi connectivity index (χ0) is 9.97. The van der Waals surface area contributed by atoms with Crippen LogP contribution in [0.1, 0.15) is 32.6 Å². The summed E-state index contributed by atoms with van der Waals surface area (Å²) < 4.78 is 0. The molecule has 0 bridgehead atoms. The summed E-state index contributed by atoms with van der Waals surface area (Å²) in [5, 5.41) is 16.3. The van der Waals surface area contributed by atoms with Gasteiger partial charge in [-0.2, -0.15) is 0 Å². The number of nitrogens with zero attached hydrogens (tertiary/aromatic N) is 1. The zero-order valence-electron chi connectivity index (χ0n) is 8.66. The van der Waals surface area contributed by atoms with Crippen molar-refractivity contribution in [1.29, 1.82) is 0 Å². The molecular weight excluding hydrogens is 178 g/mol. The van der Waals surface area contributed by atoms with Gasteiger partial charge in [0.1, 0.15) is 0 Å². The lowest BCUT2D eigenvalue weighted by molar-refractivity contribution is 0.0994. The smallest absolute Gasteiger partial charge is 0.191 e. The molecule has 4 heteroatoms. The lowest BCUT2D eigenvalue weighted by Crippen LogP contribution is -2.49. The van der Waals surface area contributed by atoms with E-state index in [1.807, 2.05) is 0 Å². The Morgan fingerprint density at radius 2 is 2.21 bits per heavy atom. The van der Waals surface area contributed by atoms with E-state index >= 15 is 0 Å². The van der Waals surface area contributed by atoms with Crippen LogP contribution in [0.3, 0.4) is 0 Å². The van der Waals surface area contributed by atoms with Gasteiger partial charge in [0.05, 0.1) is 18.7 Å². The fraction of sp³-hybridized carbons (Fsp3) is 0.900. The first-order valence-corrected chi connectivity index (χ1v) is 5.51. The number of guanidine groups is 1. The fourth-order valence-electron chi connectivity index (χ4n) is 2.10. The maximum Gasteiger partial charge on any atom is 0.191 e. The molecule has 1 aliphatic heterocycles. The topological polar surface area (TPSA) is 56.7 Å². The summed E-state index contributed by atoms with van der Waals surface area (Å²) in [6.07, 6.45) is 4.12. The Balaban J connectivity index is 1.84. The molecule has 0 amide bonds. The maximum atomic E-state index is 9.75. The van der Waals surface area contributed by atoms with E-state index in [1.54, 1.807) is 0 Å². The molecule has 4 nitrogen and oxygen atoms in total. The lowest BCUT2D eigenvalue weighted by Gasteiger charge is -2.29. The first kappa shape index (κ1) is 9.77. The molecule has 2 rings (SSSR count). The van der Waals surface area contributed by atoms with Crippen LogP contribution in [0.15, 0.2) is 4.99 Å². The van der Waals surface area contributed by atoms with Crippen LogP contribution in [0.2, 0.25) is 0 Å². The van der Waals surface area contributed by atoms with Gasteiger partial charge in [-0.25, -0.2) is 0 Å². The van der Waals surface area contributed by atoms with Crippen molar-refractivity contribution in [3.8, 4) is 0 Å².